The number of carbonyl (C=O) groups excluding carboxylic acids is 1. The van der Waals surface area contributed by atoms with Gasteiger partial charge in [-0.15, -0.1) is 11.3 Å². The minimum atomic E-state index is -0.899. The van der Waals surface area contributed by atoms with Crippen LogP contribution in [0.25, 0.3) is 0 Å². The van der Waals surface area contributed by atoms with Gasteiger partial charge in [-0.2, -0.15) is 0 Å². The number of hydrogen-bond donors (Lipinski definition) is 1. The lowest BCUT2D eigenvalue weighted by Gasteiger charge is -2.25. The van der Waals surface area contributed by atoms with Gasteiger partial charge in [0, 0.05) is 4.88 Å². The van der Waals surface area contributed by atoms with Crippen LogP contribution in [0, 0.1) is 5.92 Å². The molecule has 0 aliphatic heterocycles. The van der Waals surface area contributed by atoms with Crippen molar-refractivity contribution in [3.05, 3.63) is 22.4 Å². The number of esters is 1. The van der Waals surface area contributed by atoms with E-state index < -0.39 is 5.54 Å². The van der Waals surface area contributed by atoms with Crippen LogP contribution in [0.2, 0.25) is 0 Å². The zero-order chi connectivity index (χ0) is 10.9. The monoisotopic (exact) mass is 225 g/mol. The second kappa shape index (κ2) is 3.94. The van der Waals surface area contributed by atoms with E-state index >= 15 is 0 Å². The van der Waals surface area contributed by atoms with Crippen molar-refractivity contribution in [2.75, 3.05) is 6.61 Å². The maximum Gasteiger partial charge on any atom is 0.331 e. The number of ether oxygens (including phenoxy) is 1. The highest BCUT2D eigenvalue weighted by Crippen LogP contribution is 2.46. The number of carbonyl (C=O) groups is 1. The van der Waals surface area contributed by atoms with Gasteiger partial charge in [-0.3, -0.25) is 0 Å². The quantitative estimate of drug-likeness (QED) is 0.796. The molecular formula is C11H15NO2S. The molecule has 1 aliphatic carbocycles. The lowest BCUT2D eigenvalue weighted by molar-refractivity contribution is -0.151. The first-order valence-electron chi connectivity index (χ1n) is 5.19. The van der Waals surface area contributed by atoms with Gasteiger partial charge in [0.15, 0.2) is 5.54 Å². The van der Waals surface area contributed by atoms with Gasteiger partial charge in [0.25, 0.3) is 0 Å². The van der Waals surface area contributed by atoms with Crippen molar-refractivity contribution in [1.82, 2.24) is 0 Å². The van der Waals surface area contributed by atoms with Crippen molar-refractivity contribution in [3.63, 3.8) is 0 Å². The van der Waals surface area contributed by atoms with Crippen molar-refractivity contribution in [2.45, 2.75) is 25.3 Å². The van der Waals surface area contributed by atoms with Crippen molar-refractivity contribution in [3.8, 4) is 0 Å². The third-order valence-corrected chi connectivity index (χ3v) is 3.78. The number of rotatable bonds is 4. The molecule has 0 amide bonds. The Morgan fingerprint density at radius 1 is 1.73 bits per heavy atom. The van der Waals surface area contributed by atoms with E-state index in [-0.39, 0.29) is 11.9 Å². The molecule has 1 atom stereocenters. The lowest BCUT2D eigenvalue weighted by Crippen LogP contribution is -2.47. The summed E-state index contributed by atoms with van der Waals surface area (Å²) in [5, 5.41) is 1.94. The Morgan fingerprint density at radius 2 is 2.47 bits per heavy atom. The minimum absolute atomic E-state index is 0.259. The summed E-state index contributed by atoms with van der Waals surface area (Å²) in [5.41, 5.74) is 5.34. The van der Waals surface area contributed by atoms with E-state index in [0.29, 0.717) is 6.61 Å². The normalized spacial score (nSPS) is 19.6. The van der Waals surface area contributed by atoms with E-state index in [1.165, 1.54) is 11.3 Å². The maximum atomic E-state index is 11.9. The Morgan fingerprint density at radius 3 is 2.93 bits per heavy atom. The fraction of sp³-hybridized carbons (Fsp3) is 0.545. The van der Waals surface area contributed by atoms with Gasteiger partial charge in [-0.1, -0.05) is 6.07 Å². The van der Waals surface area contributed by atoms with Crippen LogP contribution >= 0.6 is 11.3 Å². The standard InChI is InChI=1S/C11H15NO2S/c1-2-14-10(13)11(12,8-5-6-8)9-4-3-7-15-9/h3-4,7-8H,2,5-6,12H2,1H3. The summed E-state index contributed by atoms with van der Waals surface area (Å²) in [4.78, 5) is 12.8. The summed E-state index contributed by atoms with van der Waals surface area (Å²) in [6.07, 6.45) is 2.04. The van der Waals surface area contributed by atoms with Crippen LogP contribution in [0.15, 0.2) is 17.5 Å². The molecule has 15 heavy (non-hydrogen) atoms. The molecule has 1 aliphatic rings. The number of thiophene rings is 1. The highest BCUT2D eigenvalue weighted by molar-refractivity contribution is 7.10. The summed E-state index contributed by atoms with van der Waals surface area (Å²) in [6.45, 7) is 2.19. The maximum absolute atomic E-state index is 11.9. The summed E-state index contributed by atoms with van der Waals surface area (Å²) in [6, 6.07) is 3.84. The van der Waals surface area contributed by atoms with Gasteiger partial charge >= 0.3 is 5.97 Å². The molecule has 0 radical (unpaired) electrons. The largest absolute Gasteiger partial charge is 0.464 e. The molecular weight excluding hydrogens is 210 g/mol. The number of nitrogens with two attached hydrogens (primary N) is 1. The zero-order valence-corrected chi connectivity index (χ0v) is 9.55. The van der Waals surface area contributed by atoms with Crippen molar-refractivity contribution in [1.29, 1.82) is 0 Å². The topological polar surface area (TPSA) is 52.3 Å². The molecule has 1 fully saturated rings. The molecule has 1 unspecified atom stereocenters. The SMILES string of the molecule is CCOC(=O)C(N)(c1cccs1)C1CC1. The third-order valence-electron chi connectivity index (χ3n) is 2.76. The highest BCUT2D eigenvalue weighted by Gasteiger charge is 2.51. The molecule has 1 aromatic rings. The third kappa shape index (κ3) is 1.79. The lowest BCUT2D eigenvalue weighted by atomic mass is 9.93. The average molecular weight is 225 g/mol. The van der Waals surface area contributed by atoms with Crippen LogP contribution in [-0.2, 0) is 15.1 Å². The summed E-state index contributed by atoms with van der Waals surface area (Å²) < 4.78 is 5.07. The van der Waals surface area contributed by atoms with E-state index in [1.54, 1.807) is 6.92 Å². The van der Waals surface area contributed by atoms with E-state index in [2.05, 4.69) is 0 Å². The summed E-state index contributed by atoms with van der Waals surface area (Å²) in [7, 11) is 0. The molecule has 2 rings (SSSR count). The first-order chi connectivity index (χ1) is 7.19. The Balaban J connectivity index is 2.28. The van der Waals surface area contributed by atoms with Crippen LogP contribution in [0.3, 0.4) is 0 Å². The van der Waals surface area contributed by atoms with E-state index in [1.807, 2.05) is 17.5 Å². The van der Waals surface area contributed by atoms with Crippen LogP contribution in [0.5, 0.6) is 0 Å². The van der Waals surface area contributed by atoms with E-state index in [4.69, 9.17) is 10.5 Å². The Kier molecular flexibility index (Phi) is 2.80. The van der Waals surface area contributed by atoms with Crippen molar-refractivity contribution < 1.29 is 9.53 Å². The molecule has 1 aromatic heterocycles. The summed E-state index contributed by atoms with van der Waals surface area (Å²) in [5.74, 6) is -0.0230. The second-order valence-corrected chi connectivity index (χ2v) is 4.79. The second-order valence-electron chi connectivity index (χ2n) is 3.84. The molecule has 1 saturated carbocycles. The molecule has 0 saturated heterocycles. The van der Waals surface area contributed by atoms with Crippen LogP contribution in [0.4, 0.5) is 0 Å². The molecule has 82 valence electrons. The van der Waals surface area contributed by atoms with Gasteiger partial charge in [-0.25, -0.2) is 4.79 Å². The molecule has 3 nitrogen and oxygen atoms in total. The first kappa shape index (κ1) is 10.6. The number of hydrogen-bond acceptors (Lipinski definition) is 4. The van der Waals surface area contributed by atoms with Gasteiger partial charge in [-0.05, 0) is 37.1 Å². The van der Waals surface area contributed by atoms with E-state index in [0.717, 1.165) is 17.7 Å². The molecule has 1 heterocycles. The fourth-order valence-corrected chi connectivity index (χ4v) is 2.68. The van der Waals surface area contributed by atoms with E-state index in [9.17, 15) is 4.79 Å². The predicted molar refractivity (Wildman–Crippen MR) is 59.5 cm³/mol. The van der Waals surface area contributed by atoms with Crippen molar-refractivity contribution in [2.24, 2.45) is 11.7 Å². The first-order valence-corrected chi connectivity index (χ1v) is 6.07. The van der Waals surface area contributed by atoms with Crippen LogP contribution < -0.4 is 5.73 Å². The average Bonchev–Trinajstić information content (AvgIpc) is 2.93. The molecule has 0 aromatic carbocycles. The highest BCUT2D eigenvalue weighted by atomic mass is 32.1. The molecule has 0 bridgehead atoms. The smallest absolute Gasteiger partial charge is 0.331 e. The zero-order valence-electron chi connectivity index (χ0n) is 8.73. The van der Waals surface area contributed by atoms with Gasteiger partial charge in [0.1, 0.15) is 0 Å². The minimum Gasteiger partial charge on any atom is -0.464 e. The van der Waals surface area contributed by atoms with Gasteiger partial charge < -0.3 is 10.5 Å². The van der Waals surface area contributed by atoms with Gasteiger partial charge in [0.2, 0.25) is 0 Å². The molecule has 2 N–H and O–H groups in total. The van der Waals surface area contributed by atoms with Crippen LogP contribution in [0.1, 0.15) is 24.6 Å². The Hall–Kier alpha value is -0.870. The van der Waals surface area contributed by atoms with Crippen molar-refractivity contribution >= 4 is 17.3 Å². The Labute approximate surface area is 93.2 Å². The molecule has 4 heteroatoms. The predicted octanol–water partition coefficient (Wildman–Crippen LogP) is 1.88. The Bertz CT molecular complexity index is 345. The van der Waals surface area contributed by atoms with Crippen LogP contribution in [-0.4, -0.2) is 12.6 Å². The summed E-state index contributed by atoms with van der Waals surface area (Å²) >= 11 is 1.53. The van der Waals surface area contributed by atoms with Gasteiger partial charge in [0.05, 0.1) is 6.61 Å². The fourth-order valence-electron chi connectivity index (χ4n) is 1.77. The molecule has 0 spiro atoms.